The Kier molecular flexibility index (Phi) is 3.84. The van der Waals surface area contributed by atoms with Gasteiger partial charge >= 0.3 is 0 Å². The molecule has 0 aliphatic rings. The summed E-state index contributed by atoms with van der Waals surface area (Å²) in [5, 5.41) is 0. The van der Waals surface area contributed by atoms with Gasteiger partial charge in [-0.05, 0) is 31.2 Å². The third kappa shape index (κ3) is 3.01. The topological polar surface area (TPSA) is 61.0 Å². The summed E-state index contributed by atoms with van der Waals surface area (Å²) >= 11 is 0. The van der Waals surface area contributed by atoms with Crippen LogP contribution in [0.4, 0.5) is 10.2 Å². The number of hydrogen-bond acceptors (Lipinski definition) is 4. The molecule has 4 nitrogen and oxygen atoms in total. The molecule has 18 heavy (non-hydrogen) atoms. The molecule has 0 aliphatic heterocycles. The standard InChI is InChI=1S/C13H14FN3O/c1-2-18-8-13-16-11(7-12(15)17-13)9-3-5-10(14)6-4-9/h3-7H,2,8H2,1H3,(H2,15,16,17). The molecule has 1 aromatic heterocycles. The van der Waals surface area contributed by atoms with E-state index in [0.717, 1.165) is 5.56 Å². The molecule has 2 N–H and O–H groups in total. The van der Waals surface area contributed by atoms with Crippen molar-refractivity contribution in [3.63, 3.8) is 0 Å². The van der Waals surface area contributed by atoms with E-state index in [0.29, 0.717) is 30.5 Å². The molecule has 1 aromatic carbocycles. The Morgan fingerprint density at radius 2 is 1.94 bits per heavy atom. The predicted octanol–water partition coefficient (Wildman–Crippen LogP) is 2.40. The Hall–Kier alpha value is -2.01. The van der Waals surface area contributed by atoms with Crippen molar-refractivity contribution >= 4 is 5.82 Å². The zero-order chi connectivity index (χ0) is 13.0. The number of ether oxygens (including phenoxy) is 1. The van der Waals surface area contributed by atoms with Gasteiger partial charge in [0.05, 0.1) is 5.69 Å². The van der Waals surface area contributed by atoms with Gasteiger partial charge in [0, 0.05) is 18.2 Å². The monoisotopic (exact) mass is 247 g/mol. The van der Waals surface area contributed by atoms with E-state index >= 15 is 0 Å². The van der Waals surface area contributed by atoms with Crippen LogP contribution in [-0.4, -0.2) is 16.6 Å². The maximum atomic E-state index is 12.9. The average Bonchev–Trinajstić information content (AvgIpc) is 2.36. The second-order valence-electron chi connectivity index (χ2n) is 3.74. The molecule has 0 aliphatic carbocycles. The van der Waals surface area contributed by atoms with Gasteiger partial charge in [0.1, 0.15) is 18.2 Å². The predicted molar refractivity (Wildman–Crippen MR) is 67.2 cm³/mol. The minimum Gasteiger partial charge on any atom is -0.384 e. The number of rotatable bonds is 4. The summed E-state index contributed by atoms with van der Waals surface area (Å²) in [6, 6.07) is 7.73. The molecule has 5 heteroatoms. The summed E-state index contributed by atoms with van der Waals surface area (Å²) in [6.45, 7) is 2.80. The fourth-order valence-corrected chi connectivity index (χ4v) is 1.54. The molecule has 0 amide bonds. The van der Waals surface area contributed by atoms with Gasteiger partial charge in [-0.2, -0.15) is 0 Å². The summed E-state index contributed by atoms with van der Waals surface area (Å²) in [7, 11) is 0. The number of hydrogen-bond donors (Lipinski definition) is 1. The van der Waals surface area contributed by atoms with E-state index < -0.39 is 0 Å². The Morgan fingerprint density at radius 1 is 1.22 bits per heavy atom. The molecule has 0 atom stereocenters. The van der Waals surface area contributed by atoms with Crippen molar-refractivity contribution in [2.24, 2.45) is 0 Å². The number of halogens is 1. The number of benzene rings is 1. The van der Waals surface area contributed by atoms with E-state index in [4.69, 9.17) is 10.5 Å². The fraction of sp³-hybridized carbons (Fsp3) is 0.231. The molecule has 0 saturated heterocycles. The molecule has 0 saturated carbocycles. The van der Waals surface area contributed by atoms with E-state index in [1.165, 1.54) is 12.1 Å². The Morgan fingerprint density at radius 3 is 2.61 bits per heavy atom. The maximum Gasteiger partial charge on any atom is 0.157 e. The van der Waals surface area contributed by atoms with Crippen LogP contribution in [0.25, 0.3) is 11.3 Å². The van der Waals surface area contributed by atoms with Gasteiger partial charge in [-0.25, -0.2) is 14.4 Å². The first-order valence-electron chi connectivity index (χ1n) is 5.66. The SMILES string of the molecule is CCOCc1nc(N)cc(-c2ccc(F)cc2)n1. The molecule has 0 fully saturated rings. The molecular formula is C13H14FN3O. The number of anilines is 1. The summed E-state index contributed by atoms with van der Waals surface area (Å²) < 4.78 is 18.1. The molecule has 94 valence electrons. The van der Waals surface area contributed by atoms with Crippen molar-refractivity contribution in [3.8, 4) is 11.3 Å². The van der Waals surface area contributed by atoms with Gasteiger partial charge in [-0.15, -0.1) is 0 Å². The van der Waals surface area contributed by atoms with Crippen molar-refractivity contribution in [1.29, 1.82) is 0 Å². The molecule has 0 radical (unpaired) electrons. The Balaban J connectivity index is 2.32. The zero-order valence-electron chi connectivity index (χ0n) is 10.1. The van der Waals surface area contributed by atoms with Crippen LogP contribution >= 0.6 is 0 Å². The zero-order valence-corrected chi connectivity index (χ0v) is 10.1. The average molecular weight is 247 g/mol. The van der Waals surface area contributed by atoms with Crippen molar-refractivity contribution in [2.75, 3.05) is 12.3 Å². The summed E-state index contributed by atoms with van der Waals surface area (Å²) in [5.41, 5.74) is 7.18. The first-order chi connectivity index (χ1) is 8.69. The first kappa shape index (κ1) is 12.4. The van der Waals surface area contributed by atoms with Crippen molar-refractivity contribution in [2.45, 2.75) is 13.5 Å². The lowest BCUT2D eigenvalue weighted by Gasteiger charge is -2.06. The van der Waals surface area contributed by atoms with Crippen LogP contribution in [0.2, 0.25) is 0 Å². The van der Waals surface area contributed by atoms with E-state index in [1.807, 2.05) is 6.92 Å². The third-order valence-corrected chi connectivity index (χ3v) is 2.37. The normalized spacial score (nSPS) is 10.6. The highest BCUT2D eigenvalue weighted by Crippen LogP contribution is 2.19. The molecular weight excluding hydrogens is 233 g/mol. The van der Waals surface area contributed by atoms with Gasteiger partial charge in [-0.3, -0.25) is 0 Å². The summed E-state index contributed by atoms with van der Waals surface area (Å²) in [6.07, 6.45) is 0. The molecule has 1 heterocycles. The first-order valence-corrected chi connectivity index (χ1v) is 5.66. The Labute approximate surface area is 105 Å². The van der Waals surface area contributed by atoms with Gasteiger partial charge in [-0.1, -0.05) is 0 Å². The second-order valence-corrected chi connectivity index (χ2v) is 3.74. The maximum absolute atomic E-state index is 12.9. The van der Waals surface area contributed by atoms with Gasteiger partial charge in [0.25, 0.3) is 0 Å². The van der Waals surface area contributed by atoms with Gasteiger partial charge in [0.2, 0.25) is 0 Å². The summed E-state index contributed by atoms with van der Waals surface area (Å²) in [4.78, 5) is 8.41. The van der Waals surface area contributed by atoms with Crippen LogP contribution in [-0.2, 0) is 11.3 Å². The number of nitrogen functional groups attached to an aromatic ring is 1. The quantitative estimate of drug-likeness (QED) is 0.901. The van der Waals surface area contributed by atoms with Crippen molar-refractivity contribution in [1.82, 2.24) is 9.97 Å². The number of nitrogens with zero attached hydrogens (tertiary/aromatic N) is 2. The number of aromatic nitrogens is 2. The van der Waals surface area contributed by atoms with Gasteiger partial charge < -0.3 is 10.5 Å². The highest BCUT2D eigenvalue weighted by atomic mass is 19.1. The minimum atomic E-state index is -0.282. The lowest BCUT2D eigenvalue weighted by Crippen LogP contribution is -2.03. The third-order valence-electron chi connectivity index (χ3n) is 2.37. The Bertz CT molecular complexity index is 528. The molecule has 2 rings (SSSR count). The van der Waals surface area contributed by atoms with E-state index in [1.54, 1.807) is 18.2 Å². The lowest BCUT2D eigenvalue weighted by atomic mass is 10.1. The second kappa shape index (κ2) is 5.55. The molecule has 0 unspecified atom stereocenters. The van der Waals surface area contributed by atoms with Crippen molar-refractivity contribution < 1.29 is 9.13 Å². The van der Waals surface area contributed by atoms with Crippen LogP contribution in [0, 0.1) is 5.82 Å². The van der Waals surface area contributed by atoms with Crippen LogP contribution in [0.3, 0.4) is 0 Å². The van der Waals surface area contributed by atoms with Crippen molar-refractivity contribution in [3.05, 3.63) is 42.0 Å². The smallest absolute Gasteiger partial charge is 0.157 e. The van der Waals surface area contributed by atoms with Crippen LogP contribution in [0.5, 0.6) is 0 Å². The molecule has 2 aromatic rings. The van der Waals surface area contributed by atoms with Crippen LogP contribution < -0.4 is 5.73 Å². The van der Waals surface area contributed by atoms with E-state index in [-0.39, 0.29) is 5.82 Å². The molecule has 0 spiro atoms. The van der Waals surface area contributed by atoms with E-state index in [2.05, 4.69) is 9.97 Å². The number of nitrogens with two attached hydrogens (primary N) is 1. The highest BCUT2D eigenvalue weighted by Gasteiger charge is 2.05. The lowest BCUT2D eigenvalue weighted by molar-refractivity contribution is 0.128. The molecule has 0 bridgehead atoms. The largest absolute Gasteiger partial charge is 0.384 e. The highest BCUT2D eigenvalue weighted by molar-refractivity contribution is 5.61. The summed E-state index contributed by atoms with van der Waals surface area (Å²) in [5.74, 6) is 0.616. The fourth-order valence-electron chi connectivity index (χ4n) is 1.54. The van der Waals surface area contributed by atoms with Crippen LogP contribution in [0.15, 0.2) is 30.3 Å². The van der Waals surface area contributed by atoms with Gasteiger partial charge in [0.15, 0.2) is 5.82 Å². The van der Waals surface area contributed by atoms with E-state index in [9.17, 15) is 4.39 Å². The van der Waals surface area contributed by atoms with Crippen LogP contribution in [0.1, 0.15) is 12.7 Å². The minimum absolute atomic E-state index is 0.282.